The van der Waals surface area contributed by atoms with E-state index in [0.29, 0.717) is 0 Å². The lowest BCUT2D eigenvalue weighted by atomic mass is 10.3. The summed E-state index contributed by atoms with van der Waals surface area (Å²) in [4.78, 5) is 3.69. The first kappa shape index (κ1) is 9.91. The van der Waals surface area contributed by atoms with Crippen LogP contribution >= 0.6 is 0 Å². The van der Waals surface area contributed by atoms with Gasteiger partial charge in [-0.1, -0.05) is 0 Å². The van der Waals surface area contributed by atoms with Crippen molar-refractivity contribution < 1.29 is 17.0 Å². The van der Waals surface area contributed by atoms with Crippen LogP contribution in [-0.2, 0) is 16.0 Å². The molecule has 0 saturated heterocycles. The molecular formula is C7H8FNO3S. The maximum Gasteiger partial charge on any atom is 0.308 e. The quantitative estimate of drug-likeness (QED) is 0.687. The predicted molar refractivity (Wildman–Crippen MR) is 44.5 cm³/mol. The molecular weight excluding hydrogens is 197 g/mol. The maximum atomic E-state index is 12.3. The van der Waals surface area contributed by atoms with Gasteiger partial charge in [-0.2, -0.15) is 8.42 Å². The van der Waals surface area contributed by atoms with Gasteiger partial charge < -0.3 is 4.74 Å². The van der Waals surface area contributed by atoms with Gasteiger partial charge >= 0.3 is 10.2 Å². The van der Waals surface area contributed by atoms with Crippen LogP contribution in [0.1, 0.15) is 5.69 Å². The summed E-state index contributed by atoms with van der Waals surface area (Å²) in [7, 11) is -3.19. The van der Waals surface area contributed by atoms with E-state index >= 15 is 0 Å². The summed E-state index contributed by atoms with van der Waals surface area (Å²) >= 11 is 0. The maximum absolute atomic E-state index is 12.3. The summed E-state index contributed by atoms with van der Waals surface area (Å²) in [6, 6.07) is 3.10. The van der Waals surface area contributed by atoms with Crippen LogP contribution in [0.3, 0.4) is 0 Å². The third-order valence-corrected chi connectivity index (χ3v) is 2.00. The zero-order valence-corrected chi connectivity index (χ0v) is 7.71. The van der Waals surface area contributed by atoms with Crippen LogP contribution in [0.4, 0.5) is 3.89 Å². The molecule has 0 aliphatic rings. The summed E-state index contributed by atoms with van der Waals surface area (Å²) in [5.74, 6) is -0.486. The van der Waals surface area contributed by atoms with Crippen LogP contribution < -0.4 is 4.74 Å². The van der Waals surface area contributed by atoms with E-state index in [0.717, 1.165) is 0 Å². The smallest absolute Gasteiger partial charge is 0.308 e. The van der Waals surface area contributed by atoms with Crippen LogP contribution in [0.15, 0.2) is 18.3 Å². The highest BCUT2D eigenvalue weighted by atomic mass is 32.3. The minimum Gasteiger partial charge on any atom is -0.495 e. The summed E-state index contributed by atoms with van der Waals surface area (Å²) in [5, 5.41) is 0. The van der Waals surface area contributed by atoms with E-state index in [4.69, 9.17) is 4.74 Å². The van der Waals surface area contributed by atoms with E-state index < -0.39 is 16.0 Å². The van der Waals surface area contributed by atoms with E-state index in [-0.39, 0.29) is 11.4 Å². The van der Waals surface area contributed by atoms with Crippen molar-refractivity contribution in [3.05, 3.63) is 24.0 Å². The molecule has 0 spiro atoms. The van der Waals surface area contributed by atoms with Crippen LogP contribution in [-0.4, -0.2) is 20.5 Å². The standard InChI is InChI=1S/C7H8FNO3S/c1-12-7-3-2-4-9-6(7)5-13(8,10)11/h2-4H,5H2,1H3. The molecule has 1 aromatic rings. The van der Waals surface area contributed by atoms with Crippen molar-refractivity contribution in [2.75, 3.05) is 7.11 Å². The first-order valence-corrected chi connectivity index (χ1v) is 4.98. The number of nitrogens with zero attached hydrogens (tertiary/aromatic N) is 1. The minimum absolute atomic E-state index is 0.0764. The Balaban J connectivity index is 3.01. The van der Waals surface area contributed by atoms with Crippen molar-refractivity contribution in [1.82, 2.24) is 4.98 Å². The second-order valence-electron chi connectivity index (χ2n) is 2.34. The lowest BCUT2D eigenvalue weighted by molar-refractivity contribution is 0.408. The first-order chi connectivity index (χ1) is 6.03. The third-order valence-electron chi connectivity index (χ3n) is 1.38. The fourth-order valence-corrected chi connectivity index (χ4v) is 1.42. The van der Waals surface area contributed by atoms with Crippen LogP contribution in [0.2, 0.25) is 0 Å². The second kappa shape index (κ2) is 3.69. The van der Waals surface area contributed by atoms with Crippen LogP contribution in [0.25, 0.3) is 0 Å². The molecule has 0 aliphatic carbocycles. The van der Waals surface area contributed by atoms with Crippen LogP contribution in [0, 0.1) is 0 Å². The van der Waals surface area contributed by atoms with Crippen molar-refractivity contribution >= 4 is 10.2 Å². The number of rotatable bonds is 3. The van der Waals surface area contributed by atoms with Gasteiger partial charge in [0.25, 0.3) is 0 Å². The fourth-order valence-electron chi connectivity index (χ4n) is 0.881. The van der Waals surface area contributed by atoms with Gasteiger partial charge in [0.2, 0.25) is 0 Å². The van der Waals surface area contributed by atoms with Crippen molar-refractivity contribution in [2.24, 2.45) is 0 Å². The molecule has 0 fully saturated rings. The van der Waals surface area contributed by atoms with Gasteiger partial charge in [-0.25, -0.2) is 0 Å². The molecule has 0 aliphatic heterocycles. The number of methoxy groups -OCH3 is 1. The molecule has 1 aromatic heterocycles. The lowest BCUT2D eigenvalue weighted by Crippen LogP contribution is -2.01. The molecule has 0 radical (unpaired) electrons. The monoisotopic (exact) mass is 205 g/mol. The Labute approximate surface area is 75.6 Å². The van der Waals surface area contributed by atoms with E-state index in [1.165, 1.54) is 19.4 Å². The molecule has 0 unspecified atom stereocenters. The highest BCUT2D eigenvalue weighted by molar-refractivity contribution is 7.85. The summed E-state index contributed by atoms with van der Waals surface area (Å²) in [6.45, 7) is 0. The molecule has 4 nitrogen and oxygen atoms in total. The number of aromatic nitrogens is 1. The van der Waals surface area contributed by atoms with E-state index in [9.17, 15) is 12.3 Å². The average molecular weight is 205 g/mol. The number of halogens is 1. The number of pyridine rings is 1. The number of ether oxygens (including phenoxy) is 1. The molecule has 72 valence electrons. The predicted octanol–water partition coefficient (Wildman–Crippen LogP) is 0.889. The van der Waals surface area contributed by atoms with E-state index in [2.05, 4.69) is 4.98 Å². The molecule has 1 heterocycles. The van der Waals surface area contributed by atoms with Gasteiger partial charge in [-0.3, -0.25) is 4.98 Å². The summed E-state index contributed by atoms with van der Waals surface area (Å²) < 4.78 is 37.7. The van der Waals surface area contributed by atoms with Gasteiger partial charge in [-0.05, 0) is 12.1 Å². The Kier molecular flexibility index (Phi) is 2.82. The Morgan fingerprint density at radius 3 is 2.85 bits per heavy atom. The lowest BCUT2D eigenvalue weighted by Gasteiger charge is -2.03. The molecule has 0 atom stereocenters. The second-order valence-corrected chi connectivity index (χ2v) is 3.70. The zero-order chi connectivity index (χ0) is 9.90. The van der Waals surface area contributed by atoms with Gasteiger partial charge in [0.05, 0.1) is 12.8 Å². The largest absolute Gasteiger partial charge is 0.495 e. The molecule has 0 aromatic carbocycles. The topological polar surface area (TPSA) is 56.3 Å². The number of hydrogen-bond acceptors (Lipinski definition) is 4. The van der Waals surface area contributed by atoms with Gasteiger partial charge in [-0.15, -0.1) is 3.89 Å². The van der Waals surface area contributed by atoms with Gasteiger partial charge in [0.1, 0.15) is 11.5 Å². The van der Waals surface area contributed by atoms with E-state index in [1.807, 2.05) is 0 Å². The fraction of sp³-hybridized carbons (Fsp3) is 0.286. The highest BCUT2D eigenvalue weighted by Crippen LogP contribution is 2.17. The van der Waals surface area contributed by atoms with Gasteiger partial charge in [0.15, 0.2) is 0 Å². The zero-order valence-electron chi connectivity index (χ0n) is 6.90. The van der Waals surface area contributed by atoms with Crippen molar-refractivity contribution in [2.45, 2.75) is 5.75 Å². The molecule has 13 heavy (non-hydrogen) atoms. The molecule has 1 rings (SSSR count). The van der Waals surface area contributed by atoms with Crippen molar-refractivity contribution in [3.63, 3.8) is 0 Å². The minimum atomic E-state index is -4.55. The van der Waals surface area contributed by atoms with Crippen molar-refractivity contribution in [1.29, 1.82) is 0 Å². The highest BCUT2D eigenvalue weighted by Gasteiger charge is 2.13. The SMILES string of the molecule is COc1cccnc1CS(=O)(=O)F. The molecule has 0 saturated carbocycles. The third kappa shape index (κ3) is 2.98. The Hall–Kier alpha value is -1.17. The Morgan fingerprint density at radius 1 is 1.62 bits per heavy atom. The van der Waals surface area contributed by atoms with E-state index in [1.54, 1.807) is 6.07 Å². The average Bonchev–Trinajstić information content (AvgIpc) is 2.02. The molecule has 0 N–H and O–H groups in total. The normalized spacial score (nSPS) is 11.2. The Morgan fingerprint density at radius 2 is 2.31 bits per heavy atom. The van der Waals surface area contributed by atoms with Crippen molar-refractivity contribution in [3.8, 4) is 5.75 Å². The first-order valence-electron chi connectivity index (χ1n) is 3.43. The summed E-state index contributed by atoms with van der Waals surface area (Å²) in [5.41, 5.74) is 0.0764. The summed E-state index contributed by atoms with van der Waals surface area (Å²) in [6.07, 6.45) is 1.38. The number of hydrogen-bond donors (Lipinski definition) is 0. The van der Waals surface area contributed by atoms with Gasteiger partial charge in [0, 0.05) is 6.20 Å². The Bertz CT molecular complexity index is 390. The van der Waals surface area contributed by atoms with Crippen LogP contribution in [0.5, 0.6) is 5.75 Å². The molecule has 0 bridgehead atoms. The molecule has 6 heteroatoms. The molecule has 0 amide bonds.